The molecule has 0 amide bonds. The molecule has 146 valence electrons. The second kappa shape index (κ2) is 8.55. The third-order valence-electron chi connectivity index (χ3n) is 4.51. The van der Waals surface area contributed by atoms with Crippen LogP contribution in [0.4, 0.5) is 10.8 Å². The predicted octanol–water partition coefficient (Wildman–Crippen LogP) is 6.89. The molecule has 1 N–H and O–H groups in total. The number of rotatable bonds is 6. The minimum absolute atomic E-state index is 0.494. The summed E-state index contributed by atoms with van der Waals surface area (Å²) in [5.74, 6) is 1.20. The summed E-state index contributed by atoms with van der Waals surface area (Å²) < 4.78 is 10.7. The van der Waals surface area contributed by atoms with Gasteiger partial charge in [-0.1, -0.05) is 66.2 Å². The van der Waals surface area contributed by atoms with Crippen molar-refractivity contribution in [2.45, 2.75) is 0 Å². The first kappa shape index (κ1) is 19.3. The van der Waals surface area contributed by atoms with Crippen LogP contribution in [0.2, 0.25) is 5.02 Å². The van der Waals surface area contributed by atoms with Gasteiger partial charge in [0, 0.05) is 23.1 Å². The summed E-state index contributed by atoms with van der Waals surface area (Å²) in [6.07, 6.45) is 0. The summed E-state index contributed by atoms with van der Waals surface area (Å²) in [5, 5.41) is 6.58. The summed E-state index contributed by atoms with van der Waals surface area (Å²) in [7, 11) is 3.18. The topological polar surface area (TPSA) is 43.4 Å². The number of ether oxygens (including phenoxy) is 2. The number of thiazole rings is 1. The highest BCUT2D eigenvalue weighted by Crippen LogP contribution is 2.38. The highest BCUT2D eigenvalue weighted by molar-refractivity contribution is 7.14. The fourth-order valence-electron chi connectivity index (χ4n) is 3.00. The van der Waals surface area contributed by atoms with Crippen molar-refractivity contribution in [2.75, 3.05) is 19.5 Å². The Hall–Kier alpha value is -3.02. The molecule has 1 aromatic heterocycles. The van der Waals surface area contributed by atoms with Gasteiger partial charge in [0.05, 0.1) is 30.6 Å². The van der Waals surface area contributed by atoms with Crippen LogP contribution in [-0.4, -0.2) is 19.2 Å². The first-order valence-corrected chi connectivity index (χ1v) is 10.2. The normalized spacial score (nSPS) is 10.6. The van der Waals surface area contributed by atoms with E-state index in [2.05, 4.69) is 41.7 Å². The van der Waals surface area contributed by atoms with Crippen LogP contribution in [0.5, 0.6) is 11.5 Å². The molecule has 4 rings (SSSR count). The molecule has 0 spiro atoms. The number of hydrogen-bond acceptors (Lipinski definition) is 5. The monoisotopic (exact) mass is 422 g/mol. The number of halogens is 1. The Bertz CT molecular complexity index is 1110. The minimum atomic E-state index is 0.494. The molecule has 0 aliphatic heterocycles. The number of nitrogens with zero attached hydrogens (tertiary/aromatic N) is 1. The van der Waals surface area contributed by atoms with Crippen LogP contribution < -0.4 is 14.8 Å². The summed E-state index contributed by atoms with van der Waals surface area (Å²) in [4.78, 5) is 4.71. The molecule has 4 aromatic rings. The van der Waals surface area contributed by atoms with Gasteiger partial charge in [-0.2, -0.15) is 0 Å². The second-order valence-electron chi connectivity index (χ2n) is 6.29. The largest absolute Gasteiger partial charge is 0.495 e. The van der Waals surface area contributed by atoms with E-state index in [0.29, 0.717) is 16.5 Å². The number of benzene rings is 3. The van der Waals surface area contributed by atoms with Crippen LogP contribution in [0.3, 0.4) is 0 Å². The molecule has 1 heterocycles. The van der Waals surface area contributed by atoms with Crippen molar-refractivity contribution >= 4 is 33.8 Å². The Kier molecular flexibility index (Phi) is 5.69. The lowest BCUT2D eigenvalue weighted by atomic mass is 10.0. The molecule has 0 atom stereocenters. The molecular formula is C23H19ClN2O2S. The molecule has 3 aromatic carbocycles. The van der Waals surface area contributed by atoms with Gasteiger partial charge in [0.15, 0.2) is 5.13 Å². The number of methoxy groups -OCH3 is 2. The lowest BCUT2D eigenvalue weighted by Gasteiger charge is -2.12. The number of aromatic nitrogens is 1. The maximum atomic E-state index is 6.18. The molecule has 4 nitrogen and oxygen atoms in total. The first-order chi connectivity index (χ1) is 14.2. The zero-order valence-electron chi connectivity index (χ0n) is 16.0. The Morgan fingerprint density at radius 3 is 2.17 bits per heavy atom. The SMILES string of the molecule is COc1cc(Nc2nc(-c3ccc(-c4ccccc4)cc3)cs2)c(OC)cc1Cl. The van der Waals surface area contributed by atoms with Crippen molar-refractivity contribution in [3.8, 4) is 33.9 Å². The number of nitrogens with one attached hydrogen (secondary N) is 1. The highest BCUT2D eigenvalue weighted by atomic mass is 35.5. The smallest absolute Gasteiger partial charge is 0.187 e. The average molecular weight is 423 g/mol. The van der Waals surface area contributed by atoms with Crippen molar-refractivity contribution in [2.24, 2.45) is 0 Å². The van der Waals surface area contributed by atoms with Gasteiger partial charge < -0.3 is 14.8 Å². The van der Waals surface area contributed by atoms with Crippen LogP contribution in [0.15, 0.2) is 72.1 Å². The lowest BCUT2D eigenvalue weighted by molar-refractivity contribution is 0.405. The van der Waals surface area contributed by atoms with E-state index in [4.69, 9.17) is 26.1 Å². The quantitative estimate of drug-likeness (QED) is 0.367. The van der Waals surface area contributed by atoms with E-state index in [1.165, 1.54) is 22.5 Å². The summed E-state index contributed by atoms with van der Waals surface area (Å²) in [6, 6.07) is 22.3. The van der Waals surface area contributed by atoms with E-state index in [1.807, 2.05) is 23.6 Å². The van der Waals surface area contributed by atoms with Crippen LogP contribution >= 0.6 is 22.9 Å². The van der Waals surface area contributed by atoms with Crippen molar-refractivity contribution in [3.63, 3.8) is 0 Å². The Balaban J connectivity index is 1.56. The van der Waals surface area contributed by atoms with E-state index >= 15 is 0 Å². The van der Waals surface area contributed by atoms with Crippen LogP contribution in [-0.2, 0) is 0 Å². The van der Waals surface area contributed by atoms with Gasteiger partial charge >= 0.3 is 0 Å². The molecule has 0 fully saturated rings. The second-order valence-corrected chi connectivity index (χ2v) is 7.56. The zero-order valence-corrected chi connectivity index (χ0v) is 17.6. The maximum absolute atomic E-state index is 6.18. The highest BCUT2D eigenvalue weighted by Gasteiger charge is 2.12. The molecule has 0 aliphatic rings. The van der Waals surface area contributed by atoms with Crippen molar-refractivity contribution < 1.29 is 9.47 Å². The first-order valence-electron chi connectivity index (χ1n) is 8.98. The Morgan fingerprint density at radius 2 is 1.48 bits per heavy atom. The third-order valence-corrected chi connectivity index (χ3v) is 5.56. The number of hydrogen-bond donors (Lipinski definition) is 1. The molecule has 6 heteroatoms. The van der Waals surface area contributed by atoms with Gasteiger partial charge in [-0.25, -0.2) is 4.98 Å². The fourth-order valence-corrected chi connectivity index (χ4v) is 3.96. The molecule has 0 bridgehead atoms. The average Bonchev–Trinajstić information content (AvgIpc) is 3.24. The summed E-state index contributed by atoms with van der Waals surface area (Å²) in [5.41, 5.74) is 5.10. The maximum Gasteiger partial charge on any atom is 0.187 e. The molecule has 0 unspecified atom stereocenters. The van der Waals surface area contributed by atoms with Gasteiger partial charge in [-0.15, -0.1) is 11.3 Å². The standard InChI is InChI=1S/C23H19ClN2O2S/c1-27-21-13-19(22(28-2)12-18(21)24)25-23-26-20(14-29-23)17-10-8-16(9-11-17)15-6-4-3-5-7-15/h3-14H,1-2H3,(H,25,26). The molecule has 0 aliphatic carbocycles. The van der Waals surface area contributed by atoms with Crippen LogP contribution in [0.25, 0.3) is 22.4 Å². The molecule has 29 heavy (non-hydrogen) atoms. The lowest BCUT2D eigenvalue weighted by Crippen LogP contribution is -1.96. The van der Waals surface area contributed by atoms with Crippen LogP contribution in [0.1, 0.15) is 0 Å². The molecule has 0 radical (unpaired) electrons. The Morgan fingerprint density at radius 1 is 0.828 bits per heavy atom. The van der Waals surface area contributed by atoms with E-state index in [1.54, 1.807) is 26.4 Å². The predicted molar refractivity (Wildman–Crippen MR) is 121 cm³/mol. The number of anilines is 2. The van der Waals surface area contributed by atoms with Crippen molar-refractivity contribution in [1.29, 1.82) is 0 Å². The molecule has 0 saturated carbocycles. The van der Waals surface area contributed by atoms with Crippen molar-refractivity contribution in [1.82, 2.24) is 4.98 Å². The van der Waals surface area contributed by atoms with Gasteiger partial charge in [0.25, 0.3) is 0 Å². The summed E-state index contributed by atoms with van der Waals surface area (Å²) in [6.45, 7) is 0. The van der Waals surface area contributed by atoms with E-state index in [9.17, 15) is 0 Å². The third kappa shape index (κ3) is 4.21. The summed E-state index contributed by atoms with van der Waals surface area (Å²) >= 11 is 7.70. The molecular weight excluding hydrogens is 404 g/mol. The van der Waals surface area contributed by atoms with E-state index in [0.717, 1.165) is 22.1 Å². The van der Waals surface area contributed by atoms with Crippen molar-refractivity contribution in [3.05, 3.63) is 77.1 Å². The van der Waals surface area contributed by atoms with Gasteiger partial charge in [-0.3, -0.25) is 0 Å². The van der Waals surface area contributed by atoms with E-state index in [-0.39, 0.29) is 0 Å². The zero-order chi connectivity index (χ0) is 20.2. The van der Waals surface area contributed by atoms with E-state index < -0.39 is 0 Å². The van der Waals surface area contributed by atoms with Gasteiger partial charge in [-0.05, 0) is 11.1 Å². The molecule has 0 saturated heterocycles. The Labute approximate surface area is 178 Å². The minimum Gasteiger partial charge on any atom is -0.495 e. The van der Waals surface area contributed by atoms with Gasteiger partial charge in [0.1, 0.15) is 11.5 Å². The van der Waals surface area contributed by atoms with Gasteiger partial charge in [0.2, 0.25) is 0 Å². The van der Waals surface area contributed by atoms with Crippen LogP contribution in [0, 0.1) is 0 Å². The fraction of sp³-hybridized carbons (Fsp3) is 0.0870.